The van der Waals surface area contributed by atoms with E-state index < -0.39 is 17.5 Å². The molecule has 2 aliphatic rings. The van der Waals surface area contributed by atoms with Crippen LogP contribution in [0.3, 0.4) is 0 Å². The van der Waals surface area contributed by atoms with Gasteiger partial charge in [0.1, 0.15) is 42.7 Å². The highest BCUT2D eigenvalue weighted by Gasteiger charge is 2.34. The summed E-state index contributed by atoms with van der Waals surface area (Å²) in [4.78, 5) is 37.4. The van der Waals surface area contributed by atoms with E-state index in [1.165, 1.54) is 4.52 Å². The second kappa shape index (κ2) is 17.3. The molecule has 0 aliphatic carbocycles. The van der Waals surface area contributed by atoms with E-state index in [1.54, 1.807) is 42.8 Å². The minimum absolute atomic E-state index is 0.0604. The van der Waals surface area contributed by atoms with Crippen molar-refractivity contribution < 1.29 is 43.1 Å². The molecule has 9 rings (SSSR count). The van der Waals surface area contributed by atoms with Crippen LogP contribution in [-0.4, -0.2) is 101 Å². The molecular formula is C45H46N8O9. The van der Waals surface area contributed by atoms with E-state index >= 15 is 0 Å². The molecule has 0 spiro atoms. The Morgan fingerprint density at radius 2 is 1.23 bits per heavy atom. The molecule has 17 heteroatoms. The van der Waals surface area contributed by atoms with Crippen LogP contribution in [-0.2, 0) is 18.9 Å². The lowest BCUT2D eigenvalue weighted by Gasteiger charge is -2.17. The molecule has 62 heavy (non-hydrogen) atoms. The zero-order valence-electron chi connectivity index (χ0n) is 35.1. The third-order valence-corrected chi connectivity index (χ3v) is 9.89. The maximum Gasteiger partial charge on any atom is 0.356 e. The molecular weight excluding hydrogens is 797 g/mol. The summed E-state index contributed by atoms with van der Waals surface area (Å²) in [7, 11) is 0. The van der Waals surface area contributed by atoms with Crippen LogP contribution in [0.15, 0.2) is 97.2 Å². The number of rotatable bonds is 11. The summed E-state index contributed by atoms with van der Waals surface area (Å²) in [5, 5.41) is 21.4. The molecule has 2 saturated heterocycles. The zero-order chi connectivity index (χ0) is 43.6. The number of pyridine rings is 1. The number of aryl methyl sites for hydroxylation is 2. The summed E-state index contributed by atoms with van der Waals surface area (Å²) in [6, 6.07) is 27.7. The van der Waals surface area contributed by atoms with E-state index in [2.05, 4.69) is 25.4 Å². The molecule has 2 aromatic carbocycles. The molecule has 2 atom stereocenters. The molecule has 7 aromatic rings. The number of carboxylic acids is 1. The lowest BCUT2D eigenvalue weighted by Crippen LogP contribution is -2.25. The first-order valence-electron chi connectivity index (χ1n) is 20.0. The molecule has 0 saturated carbocycles. The van der Waals surface area contributed by atoms with Crippen molar-refractivity contribution in [3.05, 3.63) is 120 Å². The number of carbonyl (C=O) groups is 2. The minimum atomic E-state index is -1.06. The summed E-state index contributed by atoms with van der Waals surface area (Å²) in [6.45, 7) is 12.7. The number of anilines is 1. The van der Waals surface area contributed by atoms with Gasteiger partial charge in [0.2, 0.25) is 0 Å². The van der Waals surface area contributed by atoms with Gasteiger partial charge in [-0.2, -0.15) is 10.2 Å². The number of nitrogens with one attached hydrogen (secondary N) is 1. The molecule has 7 heterocycles. The zero-order valence-corrected chi connectivity index (χ0v) is 35.1. The van der Waals surface area contributed by atoms with E-state index in [0.29, 0.717) is 83.5 Å². The van der Waals surface area contributed by atoms with Crippen LogP contribution in [0.1, 0.15) is 60.1 Å². The Morgan fingerprint density at radius 1 is 0.710 bits per heavy atom. The van der Waals surface area contributed by atoms with Crippen molar-refractivity contribution in [3.8, 4) is 34.0 Å². The summed E-state index contributed by atoms with van der Waals surface area (Å²) in [6.07, 6.45) is 1.37. The second-order valence-corrected chi connectivity index (χ2v) is 15.6. The fourth-order valence-corrected chi connectivity index (χ4v) is 7.07. The van der Waals surface area contributed by atoms with Gasteiger partial charge in [-0.3, -0.25) is 4.79 Å². The highest BCUT2D eigenvalue weighted by atomic mass is 16.8. The quantitative estimate of drug-likeness (QED) is 0.138. The second-order valence-electron chi connectivity index (χ2n) is 15.6. The Bertz CT molecular complexity index is 2750. The number of ether oxygens (including phenoxy) is 6. The van der Waals surface area contributed by atoms with Crippen LogP contribution >= 0.6 is 0 Å². The lowest BCUT2D eigenvalue weighted by molar-refractivity contribution is -0.141. The molecule has 0 unspecified atom stereocenters. The summed E-state index contributed by atoms with van der Waals surface area (Å²) in [5.74, 6) is -0.724. The minimum Gasteiger partial charge on any atom is -0.491 e. The van der Waals surface area contributed by atoms with E-state index in [0.717, 1.165) is 11.1 Å². The Kier molecular flexibility index (Phi) is 11.7. The average molecular weight is 843 g/mol. The Labute approximate surface area is 356 Å². The average Bonchev–Trinajstić information content (AvgIpc) is 3.99. The highest BCUT2D eigenvalue weighted by molar-refractivity contribution is 6.03. The van der Waals surface area contributed by atoms with Crippen molar-refractivity contribution >= 4 is 29.0 Å². The third kappa shape index (κ3) is 9.55. The number of carboxylic acid groups (broad SMARTS) is 1. The van der Waals surface area contributed by atoms with Crippen LogP contribution in [0.4, 0.5) is 5.82 Å². The van der Waals surface area contributed by atoms with Gasteiger partial charge in [-0.05, 0) is 102 Å². The number of aromatic nitrogens is 7. The number of hydrogen-bond acceptors (Lipinski definition) is 13. The van der Waals surface area contributed by atoms with Crippen LogP contribution in [0.25, 0.3) is 33.8 Å². The van der Waals surface area contributed by atoms with Gasteiger partial charge in [-0.1, -0.05) is 30.3 Å². The van der Waals surface area contributed by atoms with Gasteiger partial charge < -0.3 is 38.8 Å². The highest BCUT2D eigenvalue weighted by Crippen LogP contribution is 2.28. The maximum atomic E-state index is 13.0. The Morgan fingerprint density at radius 3 is 1.69 bits per heavy atom. The van der Waals surface area contributed by atoms with Crippen LogP contribution < -0.4 is 14.8 Å². The molecule has 17 nitrogen and oxygen atoms in total. The van der Waals surface area contributed by atoms with Gasteiger partial charge in [0.05, 0.1) is 36.0 Å². The number of amides is 1. The lowest BCUT2D eigenvalue weighted by atomic mass is 10.1. The molecule has 2 fully saturated rings. The largest absolute Gasteiger partial charge is 0.491 e. The molecule has 5 aromatic heterocycles. The molecule has 320 valence electrons. The first-order valence-corrected chi connectivity index (χ1v) is 20.0. The molecule has 2 aliphatic heterocycles. The van der Waals surface area contributed by atoms with Gasteiger partial charge in [-0.25, -0.2) is 28.8 Å². The normalized spacial score (nSPS) is 17.7. The van der Waals surface area contributed by atoms with Crippen LogP contribution in [0.5, 0.6) is 11.5 Å². The topological polar surface area (TPSA) is 195 Å². The van der Waals surface area contributed by atoms with Gasteiger partial charge in [0, 0.05) is 17.3 Å². The summed E-state index contributed by atoms with van der Waals surface area (Å²) >= 11 is 0. The Balaban J connectivity index is 0.000000174. The van der Waals surface area contributed by atoms with Crippen molar-refractivity contribution in [2.45, 2.75) is 65.3 Å². The van der Waals surface area contributed by atoms with Crippen molar-refractivity contribution in [3.63, 3.8) is 0 Å². The summed E-state index contributed by atoms with van der Waals surface area (Å²) in [5.41, 5.74) is 5.47. The van der Waals surface area contributed by atoms with Crippen molar-refractivity contribution in [1.82, 2.24) is 34.2 Å². The molecule has 0 bridgehead atoms. The first kappa shape index (κ1) is 41.9. The van der Waals surface area contributed by atoms with Gasteiger partial charge in [0.15, 0.2) is 34.3 Å². The fraction of sp³-hybridized carbons (Fsp3) is 0.311. The van der Waals surface area contributed by atoms with E-state index in [9.17, 15) is 14.7 Å². The molecule has 0 radical (unpaired) electrons. The smallest absolute Gasteiger partial charge is 0.356 e. The Hall–Kier alpha value is -6.79. The van der Waals surface area contributed by atoms with E-state index in [-0.39, 0.29) is 23.8 Å². The van der Waals surface area contributed by atoms with E-state index in [4.69, 9.17) is 33.5 Å². The van der Waals surface area contributed by atoms with Crippen LogP contribution in [0.2, 0.25) is 0 Å². The monoisotopic (exact) mass is 842 g/mol. The number of nitrogens with zero attached hydrogens (tertiary/aromatic N) is 7. The van der Waals surface area contributed by atoms with Gasteiger partial charge in [0.25, 0.3) is 5.91 Å². The number of carbonyl (C=O) groups excluding carboxylic acids is 1. The first-order chi connectivity index (χ1) is 29.7. The van der Waals surface area contributed by atoms with Crippen LogP contribution in [0, 0.1) is 13.8 Å². The van der Waals surface area contributed by atoms with Gasteiger partial charge in [-0.15, -0.1) is 0 Å². The summed E-state index contributed by atoms with van der Waals surface area (Å²) < 4.78 is 37.4. The van der Waals surface area contributed by atoms with Crippen molar-refractivity contribution in [2.75, 3.05) is 31.7 Å². The molecule has 2 N–H and O–H groups in total. The van der Waals surface area contributed by atoms with E-state index in [1.807, 2.05) is 100 Å². The SMILES string of the molecule is Cc1nc2ccc(-c3cccc(OC[C@H]4COC(C)(C)O4)c3)nn2c1C(=O)Nc1ccccn1.Cc1nc2ccc(-c3cccc(OC[C@H]4COC(C)(C)O4)c3)nn2c1C(=O)O. The van der Waals surface area contributed by atoms with Crippen molar-refractivity contribution in [2.24, 2.45) is 0 Å². The number of hydrogen-bond donors (Lipinski definition) is 2. The fourth-order valence-electron chi connectivity index (χ4n) is 7.07. The van der Waals surface area contributed by atoms with Gasteiger partial charge >= 0.3 is 5.97 Å². The number of aromatic carboxylic acids is 1. The standard InChI is InChI=1S/C25H25N5O4.C20H21N3O5/c1-16-23(24(31)28-21-9-4-5-12-26-21)30-22(27-16)11-10-20(29-30)17-7-6-8-18(13-17)32-14-19-15-33-25(2,3)34-19;1-12-18(19(24)25)23-17(21-12)8-7-16(22-23)13-5-4-6-14(9-13)26-10-15-11-27-20(2,3)28-15/h4-13,19H,14-15H2,1-3H3,(H,26,28,31);4-9,15H,10-11H2,1-3H3,(H,24,25)/t19-;15-/m00/s1. The number of fused-ring (bicyclic) bond motifs is 2. The number of benzene rings is 2. The maximum absolute atomic E-state index is 13.0. The predicted molar refractivity (Wildman–Crippen MR) is 226 cm³/mol. The number of imidazole rings is 2. The van der Waals surface area contributed by atoms with Crippen molar-refractivity contribution in [1.29, 1.82) is 0 Å². The molecule has 1 amide bonds. The predicted octanol–water partition coefficient (Wildman–Crippen LogP) is 6.82. The third-order valence-electron chi connectivity index (χ3n) is 9.89.